The maximum Gasteiger partial charge on any atom is 0.308 e. The molecule has 0 unspecified atom stereocenters. The van der Waals surface area contributed by atoms with Crippen molar-refractivity contribution >= 4 is 5.97 Å². The summed E-state index contributed by atoms with van der Waals surface area (Å²) in [6.07, 6.45) is 4.03. The Morgan fingerprint density at radius 1 is 0.475 bits per heavy atom. The van der Waals surface area contributed by atoms with Crippen molar-refractivity contribution in [1.82, 2.24) is 0 Å². The predicted molar refractivity (Wildman–Crippen MR) is 276 cm³/mol. The Hall–Kier alpha value is -1.73. The highest BCUT2D eigenvalue weighted by Crippen LogP contribution is 2.58. The normalized spacial score (nSPS) is 58.9. The topological polar surface area (TPSA) is 205 Å². The highest BCUT2D eigenvalue weighted by Gasteiger charge is 2.70. The summed E-state index contributed by atoms with van der Waals surface area (Å²) in [5.74, 6) is -2.60. The summed E-state index contributed by atoms with van der Waals surface area (Å²) < 4.78 is 110. The third-order valence-electron chi connectivity index (χ3n) is 22.6. The van der Waals surface area contributed by atoms with Crippen LogP contribution in [0.2, 0.25) is 0 Å². The van der Waals surface area contributed by atoms with E-state index in [0.717, 1.165) is 49.7 Å². The van der Waals surface area contributed by atoms with Gasteiger partial charge in [0.25, 0.3) is 0 Å². The molecule has 0 saturated carbocycles. The van der Waals surface area contributed by atoms with Crippen LogP contribution >= 0.6 is 0 Å². The molecule has 0 aromatic heterocycles. The van der Waals surface area contributed by atoms with Crippen LogP contribution in [0, 0.1) is 23.7 Å². The molecule has 19 heteroatoms. The van der Waals surface area contributed by atoms with Gasteiger partial charge in [-0.3, -0.25) is 4.79 Å². The maximum absolute atomic E-state index is 14.6. The molecular weight excluding hydrogens is 1040 g/mol. The first-order chi connectivity index (χ1) is 38.6. The van der Waals surface area contributed by atoms with E-state index in [9.17, 15) is 15.0 Å². The zero-order chi connectivity index (χ0) is 54.3. The predicted octanol–water partition coefficient (Wildman–Crippen LogP) is 5.33. The van der Waals surface area contributed by atoms with Crippen molar-refractivity contribution in [2.24, 2.45) is 23.7 Å². The Morgan fingerprint density at radius 3 is 1.99 bits per heavy atom. The fourth-order valence-corrected chi connectivity index (χ4v) is 18.8. The van der Waals surface area contributed by atoms with Gasteiger partial charge in [-0.05, 0) is 73.8 Å². The first-order valence-corrected chi connectivity index (χ1v) is 31.4. The van der Waals surface area contributed by atoms with Gasteiger partial charge in [0.2, 0.25) is 0 Å². The van der Waals surface area contributed by atoms with Gasteiger partial charge in [0, 0.05) is 70.1 Å². The molecule has 17 fully saturated rings. The number of aliphatic hydroxyl groups is 2. The van der Waals surface area contributed by atoms with Crippen molar-refractivity contribution in [3.05, 3.63) is 24.3 Å². The van der Waals surface area contributed by atoms with Gasteiger partial charge in [0.05, 0.1) is 129 Å². The monoisotopic (exact) mass is 1120 g/mol. The van der Waals surface area contributed by atoms with Gasteiger partial charge in [-0.15, -0.1) is 0 Å². The lowest BCUT2D eigenvalue weighted by molar-refractivity contribution is -0.369. The molecule has 444 valence electrons. The van der Waals surface area contributed by atoms with Gasteiger partial charge in [-0.2, -0.15) is 0 Å². The van der Waals surface area contributed by atoms with Crippen molar-refractivity contribution in [3.8, 4) is 0 Å². The number of ether oxygens (including phenoxy) is 16. The van der Waals surface area contributed by atoms with Crippen molar-refractivity contribution in [1.29, 1.82) is 0 Å². The van der Waals surface area contributed by atoms with Crippen LogP contribution < -0.4 is 0 Å². The van der Waals surface area contributed by atoms with Crippen LogP contribution in [0.4, 0.5) is 0 Å². The minimum Gasteiger partial charge on any atom is -0.459 e. The Morgan fingerprint density at radius 2 is 1.12 bits per heavy atom. The maximum atomic E-state index is 14.6. The number of carbonyl (C=O) groups excluding carboxylic acids is 1. The van der Waals surface area contributed by atoms with Gasteiger partial charge in [0.1, 0.15) is 42.7 Å². The molecule has 80 heavy (non-hydrogen) atoms. The number of rotatable bonds is 2. The van der Waals surface area contributed by atoms with Gasteiger partial charge >= 0.3 is 5.97 Å². The van der Waals surface area contributed by atoms with Crippen LogP contribution in [0.1, 0.15) is 143 Å². The number of fused-ring (bicyclic) bond motifs is 11. The van der Waals surface area contributed by atoms with Gasteiger partial charge < -0.3 is 86.0 Å². The average Bonchev–Trinajstić information content (AvgIpc) is 3.61. The molecule has 17 aliphatic heterocycles. The number of esters is 1. The number of hydrogen-bond acceptors (Lipinski definition) is 19. The Kier molecular flexibility index (Phi) is 13.4. The van der Waals surface area contributed by atoms with Crippen LogP contribution in [-0.2, 0) is 80.6 Å². The van der Waals surface area contributed by atoms with Crippen molar-refractivity contribution < 1.29 is 90.8 Å². The minimum atomic E-state index is -0.941. The lowest BCUT2D eigenvalue weighted by Crippen LogP contribution is -2.62. The molecule has 12 bridgehead atoms. The molecule has 17 heterocycles. The van der Waals surface area contributed by atoms with E-state index in [-0.39, 0.29) is 159 Å². The molecule has 33 atom stereocenters. The van der Waals surface area contributed by atoms with E-state index in [1.165, 1.54) is 0 Å². The van der Waals surface area contributed by atoms with Crippen molar-refractivity contribution in [3.63, 3.8) is 0 Å². The van der Waals surface area contributed by atoms with Crippen molar-refractivity contribution in [2.75, 3.05) is 6.61 Å². The third kappa shape index (κ3) is 8.99. The molecule has 0 aliphatic carbocycles. The molecule has 2 N–H and O–H groups in total. The molecule has 19 nitrogen and oxygen atoms in total. The Labute approximate surface area is 469 Å². The van der Waals surface area contributed by atoms with Crippen LogP contribution in [-0.4, -0.2) is 199 Å². The molecule has 0 aromatic rings. The zero-order valence-electron chi connectivity index (χ0n) is 47.0. The quantitative estimate of drug-likeness (QED) is 0.265. The second kappa shape index (κ2) is 19.9. The minimum absolute atomic E-state index is 0.0140. The Bertz CT molecular complexity index is 2410. The molecular formula is C61H86O19. The Balaban J connectivity index is 0.628. The van der Waals surface area contributed by atoms with E-state index in [1.807, 2.05) is 0 Å². The van der Waals surface area contributed by atoms with Gasteiger partial charge in [-0.1, -0.05) is 40.9 Å². The molecule has 3 spiro atoms. The second-order valence-corrected chi connectivity index (χ2v) is 28.1. The third-order valence-corrected chi connectivity index (χ3v) is 22.6. The van der Waals surface area contributed by atoms with E-state index in [0.29, 0.717) is 70.6 Å². The summed E-state index contributed by atoms with van der Waals surface area (Å²) in [5, 5.41) is 20.0. The summed E-state index contributed by atoms with van der Waals surface area (Å²) in [5.41, 5.74) is 2.16. The standard InChI is InChI=1S/C61H86O19/c1-26-13-32-7-9-36-27(2)14-34(65-36)11-12-59-23-47-55(79-59)56-57(73-47)58(80-59)54-37(70-56)10-8-33(67-54)15-49(64)74-53-31(6)52-44(69-43(53)16-38(66-32)30(26)5)19-42-46(72-52)22-61(75-42)24-48-51(78-61)29(4)21-60(77-48)20-28(3)50-45(76-60)18-40-41(71-50)17-39(68-40)35(63)25-62/h26,28-29,31-48,50-58,62-63H,2,5,7-25H2,1,3-4,6H3/t26-,28+,29+,31+,32+,33-,34+,35-,36+,37+,38-,39-,40-,41+,42-,43+,44+,45+,46-,47-,48+,50+,51+,52+,53-,54+,55+,56+,57-,58+,59+,60-,61+/m1/s1. The van der Waals surface area contributed by atoms with Crippen LogP contribution in [0.25, 0.3) is 0 Å². The first kappa shape index (κ1) is 53.7. The SMILES string of the molecule is C=C1C[C@@H]2CC[C@@]34C[C@H]5O[C@H]6[C@@H](O3)[C@H]3O[C@H](CC[C@@H]3O[C@H]6[C@H]5O4)CC(=O)O[C@@H]3[C@@H](C)[C@@H]4O[C@@H]5C[C@]6(C[C@@H]7O[C@]8(C[C@H](C)[C@@H]9O[C@H]%10C[C@H]([C@H](O)CO)O[C@@H]%10C[C@@H]9O8)C[C@H](C)[C@@H]7O6)O[C@@H]5C[C@@H]4O[C@H]3C[C@H]3O[C@@H](CC[C@@H]1O2)C[C@@H](C)C3=C. The lowest BCUT2D eigenvalue weighted by Gasteiger charge is -2.54. The van der Waals surface area contributed by atoms with Gasteiger partial charge in [-0.25, -0.2) is 0 Å². The van der Waals surface area contributed by atoms with Crippen molar-refractivity contribution in [2.45, 2.75) is 319 Å². The molecule has 17 aliphatic rings. The molecule has 0 radical (unpaired) electrons. The smallest absolute Gasteiger partial charge is 0.308 e. The second-order valence-electron chi connectivity index (χ2n) is 28.1. The highest BCUT2D eigenvalue weighted by molar-refractivity contribution is 5.70. The summed E-state index contributed by atoms with van der Waals surface area (Å²) in [6.45, 7) is 17.6. The van der Waals surface area contributed by atoms with Gasteiger partial charge in [0.15, 0.2) is 17.4 Å². The molecule has 0 aromatic carbocycles. The number of aliphatic hydroxyl groups excluding tert-OH is 2. The fraction of sp³-hybridized carbons (Fsp3) is 0.918. The summed E-state index contributed by atoms with van der Waals surface area (Å²) in [6, 6.07) is 0. The van der Waals surface area contributed by atoms with E-state index in [1.54, 1.807) is 0 Å². The highest BCUT2D eigenvalue weighted by atomic mass is 16.8. The fourth-order valence-electron chi connectivity index (χ4n) is 18.8. The first-order valence-electron chi connectivity index (χ1n) is 31.4. The largest absolute Gasteiger partial charge is 0.459 e. The molecule has 0 amide bonds. The van der Waals surface area contributed by atoms with Crippen LogP contribution in [0.5, 0.6) is 0 Å². The van der Waals surface area contributed by atoms with E-state index >= 15 is 0 Å². The van der Waals surface area contributed by atoms with Crippen LogP contribution in [0.3, 0.4) is 0 Å². The average molecular weight is 1120 g/mol. The van der Waals surface area contributed by atoms with E-state index in [2.05, 4.69) is 40.9 Å². The summed E-state index contributed by atoms with van der Waals surface area (Å²) in [7, 11) is 0. The van der Waals surface area contributed by atoms with E-state index < -0.39 is 60.1 Å². The zero-order valence-corrected chi connectivity index (χ0v) is 47.0. The number of carbonyl (C=O) groups is 1. The molecule has 17 saturated heterocycles. The number of hydrogen-bond donors (Lipinski definition) is 2. The summed E-state index contributed by atoms with van der Waals surface area (Å²) in [4.78, 5) is 14.6. The lowest BCUT2D eigenvalue weighted by atomic mass is 9.78. The van der Waals surface area contributed by atoms with E-state index in [4.69, 9.17) is 75.8 Å². The summed E-state index contributed by atoms with van der Waals surface area (Å²) >= 11 is 0. The van der Waals surface area contributed by atoms with Crippen LogP contribution in [0.15, 0.2) is 24.3 Å². The molecule has 17 rings (SSSR count).